The van der Waals surface area contributed by atoms with Gasteiger partial charge in [-0.1, -0.05) is 25.3 Å². The molecular formula is C8H16ClP. The van der Waals surface area contributed by atoms with Crippen molar-refractivity contribution in [2.45, 2.75) is 0 Å². The van der Waals surface area contributed by atoms with Crippen LogP contribution in [0.3, 0.4) is 0 Å². The molecule has 0 N–H and O–H groups in total. The van der Waals surface area contributed by atoms with Crippen molar-refractivity contribution in [3.63, 3.8) is 0 Å². The molecule has 0 aliphatic heterocycles. The summed E-state index contributed by atoms with van der Waals surface area (Å²) in [7, 11) is -0.679. The highest BCUT2D eigenvalue weighted by Gasteiger charge is 2.19. The van der Waals surface area contributed by atoms with Crippen LogP contribution in [0.5, 0.6) is 0 Å². The summed E-state index contributed by atoms with van der Waals surface area (Å²) in [6, 6.07) is 0. The lowest BCUT2D eigenvalue weighted by atomic mass is 10.7. The van der Waals surface area contributed by atoms with E-state index in [4.69, 9.17) is 0 Å². The van der Waals surface area contributed by atoms with Gasteiger partial charge in [0.1, 0.15) is 0 Å². The van der Waals surface area contributed by atoms with Crippen LogP contribution in [0.25, 0.3) is 0 Å². The van der Waals surface area contributed by atoms with Crippen LogP contribution in [0.15, 0.2) is 25.3 Å². The average molecular weight is 179 g/mol. The molecule has 0 amide bonds. The summed E-state index contributed by atoms with van der Waals surface area (Å²) in [6.45, 7) is 12.1. The maximum absolute atomic E-state index is 3.72. The van der Waals surface area contributed by atoms with Gasteiger partial charge >= 0.3 is 0 Å². The van der Waals surface area contributed by atoms with Crippen molar-refractivity contribution in [1.82, 2.24) is 0 Å². The molecule has 0 aliphatic rings. The lowest BCUT2D eigenvalue weighted by Gasteiger charge is -2.12. The van der Waals surface area contributed by atoms with Gasteiger partial charge in [0.15, 0.2) is 0 Å². The minimum atomic E-state index is -0.679. The molecule has 2 heteroatoms. The zero-order chi connectivity index (χ0) is 7.33. The molecule has 0 radical (unpaired) electrons. The second kappa shape index (κ2) is 5.95. The number of hydrogen-bond acceptors (Lipinski definition) is 0. The Bertz CT molecular complexity index is 95.8. The van der Waals surface area contributed by atoms with Gasteiger partial charge in [-0.05, 0) is 0 Å². The first-order valence-corrected chi connectivity index (χ1v) is 6.21. The molecule has 0 aromatic heterocycles. The highest BCUT2D eigenvalue weighted by Crippen LogP contribution is 2.50. The Labute approximate surface area is 71.2 Å². The van der Waals surface area contributed by atoms with Gasteiger partial charge in [-0.2, -0.15) is 0 Å². The van der Waals surface area contributed by atoms with Gasteiger partial charge in [-0.25, -0.2) is 0 Å². The SMILES string of the molecule is C=CC[P+](C)(C)CC=C.[Cl-]. The summed E-state index contributed by atoms with van der Waals surface area (Å²) >= 11 is 0. The number of allylic oxidation sites excluding steroid dienone is 2. The van der Waals surface area contributed by atoms with Crippen molar-refractivity contribution in [2.75, 3.05) is 25.7 Å². The van der Waals surface area contributed by atoms with Crippen molar-refractivity contribution < 1.29 is 12.4 Å². The molecule has 0 saturated carbocycles. The lowest BCUT2D eigenvalue weighted by molar-refractivity contribution is -0.00000217. The van der Waals surface area contributed by atoms with E-state index in [0.717, 1.165) is 0 Å². The summed E-state index contributed by atoms with van der Waals surface area (Å²) < 4.78 is 0. The molecule has 0 fully saturated rings. The third kappa shape index (κ3) is 6.32. The molecule has 60 valence electrons. The van der Waals surface area contributed by atoms with E-state index < -0.39 is 7.26 Å². The van der Waals surface area contributed by atoms with Crippen molar-refractivity contribution >= 4 is 7.26 Å². The predicted octanol–water partition coefficient (Wildman–Crippen LogP) is -0.360. The maximum atomic E-state index is 3.72. The Hall–Kier alpha value is 0.200. The van der Waals surface area contributed by atoms with E-state index in [2.05, 4.69) is 26.5 Å². The van der Waals surface area contributed by atoms with Gasteiger partial charge in [-0.3, -0.25) is 0 Å². The fraction of sp³-hybridized carbons (Fsp3) is 0.500. The van der Waals surface area contributed by atoms with E-state index >= 15 is 0 Å². The highest BCUT2D eigenvalue weighted by molar-refractivity contribution is 7.74. The largest absolute Gasteiger partial charge is 1.00 e. The van der Waals surface area contributed by atoms with Crippen molar-refractivity contribution in [2.24, 2.45) is 0 Å². The van der Waals surface area contributed by atoms with E-state index in [-0.39, 0.29) is 12.4 Å². The Kier molecular flexibility index (Phi) is 7.63. The van der Waals surface area contributed by atoms with E-state index in [1.165, 1.54) is 12.3 Å². The molecule has 0 aromatic carbocycles. The quantitative estimate of drug-likeness (QED) is 0.408. The fourth-order valence-corrected chi connectivity index (χ4v) is 2.32. The molecule has 0 bridgehead atoms. The minimum Gasteiger partial charge on any atom is -1.00 e. The topological polar surface area (TPSA) is 0 Å². The second-order valence-electron chi connectivity index (χ2n) is 2.88. The van der Waals surface area contributed by atoms with Crippen LogP contribution in [0.1, 0.15) is 0 Å². The van der Waals surface area contributed by atoms with Crippen LogP contribution < -0.4 is 12.4 Å². The molecule has 10 heavy (non-hydrogen) atoms. The molecule has 0 heterocycles. The molecule has 0 aliphatic carbocycles. The van der Waals surface area contributed by atoms with Gasteiger partial charge in [0.25, 0.3) is 0 Å². The Morgan fingerprint density at radius 1 is 1.10 bits per heavy atom. The molecule has 0 rings (SSSR count). The van der Waals surface area contributed by atoms with E-state index in [1.807, 2.05) is 12.2 Å². The smallest absolute Gasteiger partial charge is 0.0768 e. The van der Waals surface area contributed by atoms with Crippen molar-refractivity contribution in [1.29, 1.82) is 0 Å². The number of halogens is 1. The maximum Gasteiger partial charge on any atom is 0.0768 e. The Morgan fingerprint density at radius 2 is 1.40 bits per heavy atom. The standard InChI is InChI=1S/C8H16P.ClH/c1-5-7-9(3,4)8-6-2;/h5-6H,1-2,7-8H2,3-4H3;1H/q+1;/p-1. The fourth-order valence-electron chi connectivity index (χ4n) is 0.774. The highest BCUT2D eigenvalue weighted by atomic mass is 35.5. The lowest BCUT2D eigenvalue weighted by Crippen LogP contribution is -3.00. The van der Waals surface area contributed by atoms with E-state index in [1.54, 1.807) is 0 Å². The normalized spacial score (nSPS) is 9.80. The summed E-state index contributed by atoms with van der Waals surface area (Å²) in [5, 5.41) is 0. The van der Waals surface area contributed by atoms with Crippen LogP contribution >= 0.6 is 7.26 Å². The molecule has 0 unspecified atom stereocenters. The van der Waals surface area contributed by atoms with Crippen LogP contribution in [0.2, 0.25) is 0 Å². The molecule has 0 atom stereocenters. The van der Waals surface area contributed by atoms with E-state index in [0.29, 0.717) is 0 Å². The molecule has 0 spiro atoms. The number of rotatable bonds is 4. The number of hydrogen-bond donors (Lipinski definition) is 0. The summed E-state index contributed by atoms with van der Waals surface area (Å²) in [6.07, 6.45) is 6.38. The van der Waals surface area contributed by atoms with Gasteiger partial charge in [0.05, 0.1) is 12.3 Å². The monoisotopic (exact) mass is 178 g/mol. The Morgan fingerprint density at radius 3 is 1.60 bits per heavy atom. The van der Waals surface area contributed by atoms with Gasteiger partial charge in [0, 0.05) is 20.6 Å². The minimum absolute atomic E-state index is 0. The summed E-state index contributed by atoms with van der Waals surface area (Å²) in [5.41, 5.74) is 0. The van der Waals surface area contributed by atoms with Crippen LogP contribution in [-0.2, 0) is 0 Å². The first-order chi connectivity index (χ1) is 4.12. The zero-order valence-electron chi connectivity index (χ0n) is 6.81. The van der Waals surface area contributed by atoms with Gasteiger partial charge in [0.2, 0.25) is 0 Å². The second-order valence-corrected chi connectivity index (χ2v) is 7.48. The first kappa shape index (κ1) is 12.8. The van der Waals surface area contributed by atoms with Crippen LogP contribution in [0.4, 0.5) is 0 Å². The first-order valence-electron chi connectivity index (χ1n) is 3.16. The van der Waals surface area contributed by atoms with E-state index in [9.17, 15) is 0 Å². The predicted molar refractivity (Wildman–Crippen MR) is 48.9 cm³/mol. The molecular weight excluding hydrogens is 163 g/mol. The summed E-state index contributed by atoms with van der Waals surface area (Å²) in [4.78, 5) is 0. The summed E-state index contributed by atoms with van der Waals surface area (Å²) in [5.74, 6) is 0. The zero-order valence-corrected chi connectivity index (χ0v) is 8.46. The van der Waals surface area contributed by atoms with Crippen LogP contribution in [0, 0.1) is 0 Å². The van der Waals surface area contributed by atoms with Gasteiger partial charge < -0.3 is 12.4 Å². The van der Waals surface area contributed by atoms with Crippen molar-refractivity contribution in [3.05, 3.63) is 25.3 Å². The molecule has 0 nitrogen and oxygen atoms in total. The van der Waals surface area contributed by atoms with Gasteiger partial charge in [-0.15, -0.1) is 0 Å². The third-order valence-corrected chi connectivity index (χ3v) is 3.74. The Balaban J connectivity index is 0. The van der Waals surface area contributed by atoms with Crippen molar-refractivity contribution in [3.8, 4) is 0 Å². The molecule has 0 aromatic rings. The van der Waals surface area contributed by atoms with Crippen LogP contribution in [-0.4, -0.2) is 25.7 Å². The third-order valence-electron chi connectivity index (χ3n) is 1.25. The average Bonchev–Trinajstić information content (AvgIpc) is 1.64. The molecule has 0 saturated heterocycles.